The maximum Gasteiger partial charge on any atom is 0.151 e. The third-order valence-electron chi connectivity index (χ3n) is 6.16. The van der Waals surface area contributed by atoms with Crippen LogP contribution in [-0.2, 0) is 0 Å². The first-order valence-electron chi connectivity index (χ1n) is 9.94. The summed E-state index contributed by atoms with van der Waals surface area (Å²) in [5.74, 6) is 0.585. The zero-order valence-electron chi connectivity index (χ0n) is 16.4. The molecule has 2 aromatic heterocycles. The molecule has 30 heavy (non-hydrogen) atoms. The molecule has 1 aromatic carbocycles. The summed E-state index contributed by atoms with van der Waals surface area (Å²) < 4.78 is 30.6. The largest absolute Gasteiger partial charge is 0.507 e. The van der Waals surface area contributed by atoms with Crippen LogP contribution in [0.3, 0.4) is 0 Å². The van der Waals surface area contributed by atoms with Crippen LogP contribution in [0, 0.1) is 0 Å². The summed E-state index contributed by atoms with van der Waals surface area (Å²) in [5.41, 5.74) is 1.83. The van der Waals surface area contributed by atoms with E-state index in [9.17, 15) is 13.9 Å². The molecule has 0 radical (unpaired) electrons. The van der Waals surface area contributed by atoms with E-state index in [1.807, 2.05) is 6.07 Å². The Labute approximate surface area is 172 Å². The van der Waals surface area contributed by atoms with Crippen LogP contribution in [0.1, 0.15) is 12.8 Å². The summed E-state index contributed by atoms with van der Waals surface area (Å²) in [5, 5.41) is 21.9. The molecular formula is C21H22F2N6O. The van der Waals surface area contributed by atoms with Crippen LogP contribution in [0.4, 0.5) is 14.6 Å². The molecule has 2 aliphatic rings. The Morgan fingerprint density at radius 3 is 2.70 bits per heavy atom. The topological polar surface area (TPSA) is 79.1 Å². The number of alkyl halides is 2. The first kappa shape index (κ1) is 18.9. The second-order valence-electron chi connectivity index (χ2n) is 7.94. The Bertz CT molecular complexity index is 1030. The van der Waals surface area contributed by atoms with Crippen LogP contribution in [0.15, 0.2) is 49.1 Å². The Morgan fingerprint density at radius 1 is 1.13 bits per heavy atom. The molecule has 0 spiro atoms. The molecule has 3 aromatic rings. The van der Waals surface area contributed by atoms with Crippen molar-refractivity contribution in [1.29, 1.82) is 0 Å². The van der Waals surface area contributed by atoms with E-state index in [1.54, 1.807) is 59.5 Å². The number of anilines is 1. The van der Waals surface area contributed by atoms with Crippen LogP contribution in [0.2, 0.25) is 0 Å². The summed E-state index contributed by atoms with van der Waals surface area (Å²) >= 11 is 0. The first-order chi connectivity index (χ1) is 14.5. The molecule has 2 bridgehead atoms. The zero-order valence-corrected chi connectivity index (χ0v) is 16.4. The lowest BCUT2D eigenvalue weighted by Crippen LogP contribution is -2.56. The van der Waals surface area contributed by atoms with Gasteiger partial charge in [-0.2, -0.15) is 0 Å². The molecule has 0 aliphatic carbocycles. The molecule has 2 fully saturated rings. The highest BCUT2D eigenvalue weighted by Gasteiger charge is 2.48. The highest BCUT2D eigenvalue weighted by Crippen LogP contribution is 2.35. The summed E-state index contributed by atoms with van der Waals surface area (Å²) in [4.78, 5) is 5.74. The van der Waals surface area contributed by atoms with Crippen molar-refractivity contribution in [3.63, 3.8) is 0 Å². The van der Waals surface area contributed by atoms with Crippen LogP contribution in [0.5, 0.6) is 5.75 Å². The average Bonchev–Trinajstić information content (AvgIpc) is 3.39. The third kappa shape index (κ3) is 3.19. The van der Waals surface area contributed by atoms with Gasteiger partial charge in [0.05, 0.1) is 23.8 Å². The highest BCUT2D eigenvalue weighted by atomic mass is 19.1. The van der Waals surface area contributed by atoms with Gasteiger partial charge in [-0.05, 0) is 37.1 Å². The van der Waals surface area contributed by atoms with Gasteiger partial charge in [0, 0.05) is 43.2 Å². The van der Waals surface area contributed by atoms with Gasteiger partial charge in [0.25, 0.3) is 0 Å². The predicted molar refractivity (Wildman–Crippen MR) is 108 cm³/mol. The van der Waals surface area contributed by atoms with Crippen molar-refractivity contribution in [2.24, 2.45) is 0 Å². The number of fused-ring (bicyclic) bond motifs is 2. The lowest BCUT2D eigenvalue weighted by Gasteiger charge is -2.38. The molecule has 0 saturated carbocycles. The summed E-state index contributed by atoms with van der Waals surface area (Å²) in [6.07, 6.45) is 3.52. The number of aromatic hydroxyl groups is 1. The van der Waals surface area contributed by atoms with Crippen LogP contribution in [-0.4, -0.2) is 62.4 Å². The lowest BCUT2D eigenvalue weighted by molar-refractivity contribution is 0.172. The van der Waals surface area contributed by atoms with Crippen molar-refractivity contribution in [2.45, 2.75) is 43.3 Å². The number of imidazole rings is 1. The molecule has 2 saturated heterocycles. The van der Waals surface area contributed by atoms with E-state index in [0.717, 1.165) is 5.69 Å². The number of benzene rings is 1. The molecule has 156 valence electrons. The minimum Gasteiger partial charge on any atom is -0.507 e. The third-order valence-corrected chi connectivity index (χ3v) is 6.16. The van der Waals surface area contributed by atoms with E-state index in [4.69, 9.17) is 0 Å². The average molecular weight is 412 g/mol. The molecule has 2 aliphatic heterocycles. The molecule has 2 N–H and O–H groups in total. The van der Waals surface area contributed by atoms with E-state index < -0.39 is 24.4 Å². The van der Waals surface area contributed by atoms with Crippen molar-refractivity contribution in [1.82, 2.24) is 25.1 Å². The van der Waals surface area contributed by atoms with Gasteiger partial charge in [0.15, 0.2) is 5.82 Å². The number of halogens is 2. The number of phenols is 1. The minimum atomic E-state index is -1.17. The van der Waals surface area contributed by atoms with Gasteiger partial charge < -0.3 is 19.9 Å². The van der Waals surface area contributed by atoms with Gasteiger partial charge in [-0.1, -0.05) is 0 Å². The maximum atomic E-state index is 14.8. The zero-order chi connectivity index (χ0) is 20.8. The van der Waals surface area contributed by atoms with E-state index in [0.29, 0.717) is 23.5 Å². The Kier molecular flexibility index (Phi) is 4.62. The second kappa shape index (κ2) is 7.32. The number of nitrogens with one attached hydrogen (secondary N) is 1. The van der Waals surface area contributed by atoms with Gasteiger partial charge in [-0.15, -0.1) is 10.2 Å². The van der Waals surface area contributed by atoms with Crippen molar-refractivity contribution < 1.29 is 13.9 Å². The standard InChI is InChI=1S/C21H22F2N6O/c1-28(18-10-16-14(22)9-17(25-16)21(18)23)20-5-4-15(26-27-20)13-3-2-12(8-19(13)30)29-7-6-24-11-29/h2-8,11,14,16-18,21,25,30H,9-10H2,1H3/t14-,16-,17-,18+,21+/m0/s1. The fourth-order valence-electron chi connectivity index (χ4n) is 4.46. The normalized spacial score (nSPS) is 27.9. The van der Waals surface area contributed by atoms with Crippen molar-refractivity contribution in [3.05, 3.63) is 49.1 Å². The number of hydrogen-bond donors (Lipinski definition) is 2. The van der Waals surface area contributed by atoms with Gasteiger partial charge in [0.1, 0.15) is 18.1 Å². The second-order valence-corrected chi connectivity index (χ2v) is 7.94. The van der Waals surface area contributed by atoms with E-state index in [2.05, 4.69) is 20.5 Å². The predicted octanol–water partition coefficient (Wildman–Crippen LogP) is 2.65. The Hall–Kier alpha value is -3.07. The summed E-state index contributed by atoms with van der Waals surface area (Å²) in [6, 6.07) is 7.51. The van der Waals surface area contributed by atoms with E-state index in [-0.39, 0.29) is 18.2 Å². The smallest absolute Gasteiger partial charge is 0.151 e. The SMILES string of the molecule is CN(c1ccc(-c2ccc(-n3ccnc3)cc2O)nn1)[C@@H]1C[C@@H]2N[C@@H](C[C@@H]2F)[C@H]1F. The van der Waals surface area contributed by atoms with Gasteiger partial charge in [-0.25, -0.2) is 13.8 Å². The summed E-state index contributed by atoms with van der Waals surface area (Å²) in [6.45, 7) is 0. The molecule has 7 nitrogen and oxygen atoms in total. The number of phenolic OH excluding ortho intramolecular Hbond substituents is 1. The van der Waals surface area contributed by atoms with Crippen molar-refractivity contribution >= 4 is 5.82 Å². The Morgan fingerprint density at radius 2 is 2.00 bits per heavy atom. The quantitative estimate of drug-likeness (QED) is 0.686. The number of rotatable bonds is 4. The molecule has 0 amide bonds. The summed E-state index contributed by atoms with van der Waals surface area (Å²) in [7, 11) is 1.76. The van der Waals surface area contributed by atoms with Gasteiger partial charge >= 0.3 is 0 Å². The molecule has 9 heteroatoms. The van der Waals surface area contributed by atoms with E-state index in [1.165, 1.54) is 0 Å². The minimum absolute atomic E-state index is 0.0735. The van der Waals surface area contributed by atoms with Crippen LogP contribution >= 0.6 is 0 Å². The molecular weight excluding hydrogens is 390 g/mol. The molecule has 5 rings (SSSR count). The van der Waals surface area contributed by atoms with Crippen molar-refractivity contribution in [3.8, 4) is 22.7 Å². The number of hydrogen-bond acceptors (Lipinski definition) is 6. The fourth-order valence-corrected chi connectivity index (χ4v) is 4.46. The Balaban J connectivity index is 1.36. The number of nitrogens with zero attached hydrogens (tertiary/aromatic N) is 5. The highest BCUT2D eigenvalue weighted by molar-refractivity contribution is 5.69. The molecule has 0 unspecified atom stereocenters. The molecule has 5 atom stereocenters. The van der Waals surface area contributed by atoms with Crippen molar-refractivity contribution in [2.75, 3.05) is 11.9 Å². The van der Waals surface area contributed by atoms with Crippen LogP contribution in [0.25, 0.3) is 16.9 Å². The fraction of sp³-hybridized carbons (Fsp3) is 0.381. The lowest BCUT2D eigenvalue weighted by atomic mass is 9.96. The van der Waals surface area contributed by atoms with Gasteiger partial charge in [-0.3, -0.25) is 0 Å². The first-order valence-corrected chi connectivity index (χ1v) is 9.94. The number of piperidine rings is 1. The maximum absolute atomic E-state index is 14.8. The number of aromatic nitrogens is 4. The van der Waals surface area contributed by atoms with E-state index >= 15 is 0 Å². The van der Waals surface area contributed by atoms with Gasteiger partial charge in [0.2, 0.25) is 0 Å². The van der Waals surface area contributed by atoms with Crippen LogP contribution < -0.4 is 10.2 Å². The monoisotopic (exact) mass is 412 g/mol. The molecule has 4 heterocycles.